The molecule has 1 saturated heterocycles. The summed E-state index contributed by atoms with van der Waals surface area (Å²) in [5, 5.41) is 6.66. The Balaban J connectivity index is 0.00000145. The van der Waals surface area contributed by atoms with Gasteiger partial charge in [-0.1, -0.05) is 44.0 Å². The minimum Gasteiger partial charge on any atom is -0.384 e. The number of hydrogen-bond donors (Lipinski definition) is 2. The minimum atomic E-state index is 0.768. The number of aromatic nitrogens is 2. The third-order valence-electron chi connectivity index (χ3n) is 5.20. The van der Waals surface area contributed by atoms with E-state index in [1.54, 1.807) is 0 Å². The van der Waals surface area contributed by atoms with Crippen molar-refractivity contribution < 1.29 is 0 Å². The van der Waals surface area contributed by atoms with Crippen LogP contribution in [0.25, 0.3) is 0 Å². The van der Waals surface area contributed by atoms with Gasteiger partial charge in [-0.3, -0.25) is 4.90 Å². The van der Waals surface area contributed by atoms with Crippen LogP contribution < -0.4 is 10.6 Å². The highest BCUT2D eigenvalue weighted by molar-refractivity contribution is 5.62. The second-order valence-electron chi connectivity index (χ2n) is 7.41. The number of unbranched alkanes of at least 4 members (excludes halogenated alkanes) is 2. The van der Waals surface area contributed by atoms with Gasteiger partial charge in [-0.2, -0.15) is 0 Å². The number of anilines is 2. The van der Waals surface area contributed by atoms with Crippen molar-refractivity contribution in [3.05, 3.63) is 60.6 Å². The molecule has 0 amide bonds. The SMILES string of the molecule is C=C.CCCCCc1ncc(NC)c(NCc2ccc(CN3CCCC3)cc2)n1. The smallest absolute Gasteiger partial charge is 0.153 e. The van der Waals surface area contributed by atoms with Crippen LogP contribution in [0.15, 0.2) is 43.6 Å². The fourth-order valence-electron chi connectivity index (χ4n) is 3.54. The zero-order valence-corrected chi connectivity index (χ0v) is 18.2. The van der Waals surface area contributed by atoms with Crippen molar-refractivity contribution >= 4 is 11.5 Å². The first-order valence-corrected chi connectivity index (χ1v) is 10.9. The Kier molecular flexibility index (Phi) is 10.2. The topological polar surface area (TPSA) is 53.1 Å². The van der Waals surface area contributed by atoms with Crippen LogP contribution in [0, 0.1) is 0 Å². The molecule has 5 nitrogen and oxygen atoms in total. The molecule has 1 aliphatic rings. The van der Waals surface area contributed by atoms with E-state index in [0.717, 1.165) is 43.3 Å². The van der Waals surface area contributed by atoms with Crippen molar-refractivity contribution in [3.8, 4) is 0 Å². The van der Waals surface area contributed by atoms with Crippen molar-refractivity contribution in [2.45, 2.75) is 58.5 Å². The molecule has 2 aromatic rings. The summed E-state index contributed by atoms with van der Waals surface area (Å²) in [4.78, 5) is 11.7. The van der Waals surface area contributed by atoms with Gasteiger partial charge in [-0.05, 0) is 43.5 Å². The average Bonchev–Trinajstić information content (AvgIpc) is 3.28. The highest BCUT2D eigenvalue weighted by Gasteiger charge is 2.11. The first kappa shape index (κ1) is 22.9. The van der Waals surface area contributed by atoms with Crippen LogP contribution in [0.4, 0.5) is 11.5 Å². The monoisotopic (exact) mass is 395 g/mol. The van der Waals surface area contributed by atoms with Gasteiger partial charge in [0.05, 0.1) is 11.9 Å². The molecule has 1 fully saturated rings. The number of nitrogens with zero attached hydrogens (tertiary/aromatic N) is 3. The summed E-state index contributed by atoms with van der Waals surface area (Å²) in [5.41, 5.74) is 3.62. The number of hydrogen-bond acceptors (Lipinski definition) is 5. The van der Waals surface area contributed by atoms with Crippen molar-refractivity contribution in [1.29, 1.82) is 0 Å². The Labute approximate surface area is 176 Å². The lowest BCUT2D eigenvalue weighted by molar-refractivity contribution is 0.331. The molecular weight excluding hydrogens is 358 g/mol. The summed E-state index contributed by atoms with van der Waals surface area (Å²) in [5.74, 6) is 1.81. The summed E-state index contributed by atoms with van der Waals surface area (Å²) in [7, 11) is 1.91. The molecule has 1 aromatic heterocycles. The van der Waals surface area contributed by atoms with E-state index in [-0.39, 0.29) is 0 Å². The maximum Gasteiger partial charge on any atom is 0.153 e. The molecule has 0 atom stereocenters. The molecule has 0 bridgehead atoms. The first-order chi connectivity index (χ1) is 14.3. The van der Waals surface area contributed by atoms with E-state index in [2.05, 4.69) is 64.9 Å². The molecule has 3 rings (SSSR count). The largest absolute Gasteiger partial charge is 0.384 e. The lowest BCUT2D eigenvalue weighted by atomic mass is 10.1. The number of rotatable bonds is 10. The van der Waals surface area contributed by atoms with E-state index < -0.39 is 0 Å². The van der Waals surface area contributed by atoms with Crippen LogP contribution in [0.5, 0.6) is 0 Å². The van der Waals surface area contributed by atoms with Crippen molar-refractivity contribution in [3.63, 3.8) is 0 Å². The average molecular weight is 396 g/mol. The Bertz CT molecular complexity index is 708. The molecule has 0 unspecified atom stereocenters. The minimum absolute atomic E-state index is 0.768. The van der Waals surface area contributed by atoms with Crippen LogP contribution in [0.3, 0.4) is 0 Å². The zero-order valence-electron chi connectivity index (χ0n) is 18.2. The van der Waals surface area contributed by atoms with Crippen molar-refractivity contribution in [2.24, 2.45) is 0 Å². The van der Waals surface area contributed by atoms with Crippen LogP contribution in [-0.2, 0) is 19.5 Å². The van der Waals surface area contributed by atoms with Crippen LogP contribution >= 0.6 is 0 Å². The number of aryl methyl sites for hydroxylation is 1. The Morgan fingerprint density at radius 3 is 2.38 bits per heavy atom. The molecule has 0 spiro atoms. The number of benzene rings is 1. The van der Waals surface area contributed by atoms with Crippen LogP contribution in [0.1, 0.15) is 56.0 Å². The summed E-state index contributed by atoms with van der Waals surface area (Å²) >= 11 is 0. The molecule has 29 heavy (non-hydrogen) atoms. The molecule has 158 valence electrons. The van der Waals surface area contributed by atoms with Crippen molar-refractivity contribution in [1.82, 2.24) is 14.9 Å². The second kappa shape index (κ2) is 12.9. The van der Waals surface area contributed by atoms with E-state index in [1.807, 2.05) is 13.2 Å². The third kappa shape index (κ3) is 7.50. The van der Waals surface area contributed by atoms with Crippen LogP contribution in [-0.4, -0.2) is 35.0 Å². The zero-order chi connectivity index (χ0) is 20.9. The van der Waals surface area contributed by atoms with Crippen LogP contribution in [0.2, 0.25) is 0 Å². The van der Waals surface area contributed by atoms with Gasteiger partial charge >= 0.3 is 0 Å². The van der Waals surface area contributed by atoms with E-state index in [9.17, 15) is 0 Å². The van der Waals surface area contributed by atoms with Gasteiger partial charge in [0.15, 0.2) is 5.82 Å². The highest BCUT2D eigenvalue weighted by Crippen LogP contribution is 2.19. The first-order valence-electron chi connectivity index (χ1n) is 10.9. The molecule has 0 aliphatic carbocycles. The molecule has 1 aliphatic heterocycles. The Hall–Kier alpha value is -2.40. The van der Waals surface area contributed by atoms with E-state index in [1.165, 1.54) is 49.9 Å². The van der Waals surface area contributed by atoms with Gasteiger partial charge in [0.25, 0.3) is 0 Å². The van der Waals surface area contributed by atoms with Gasteiger partial charge in [0.1, 0.15) is 5.82 Å². The summed E-state index contributed by atoms with van der Waals surface area (Å²) in [6, 6.07) is 8.95. The standard InChI is InChI=1S/C22H33N5.C2H4/c1-3-4-5-8-21-24-16-20(23-2)22(26-21)25-15-18-9-11-19(12-10-18)17-27-13-6-7-14-27;1-2/h9-12,16,23H,3-8,13-15,17H2,1-2H3,(H,24,25,26);1-2H2. The normalized spacial score (nSPS) is 13.6. The molecular formula is C24H37N5. The molecule has 2 heterocycles. The summed E-state index contributed by atoms with van der Waals surface area (Å²) in [6.07, 6.45) is 9.10. The second-order valence-corrected chi connectivity index (χ2v) is 7.41. The fourth-order valence-corrected chi connectivity index (χ4v) is 3.54. The molecule has 0 saturated carbocycles. The Morgan fingerprint density at radius 1 is 1.03 bits per heavy atom. The third-order valence-corrected chi connectivity index (χ3v) is 5.20. The van der Waals surface area contributed by atoms with Gasteiger partial charge in [-0.15, -0.1) is 13.2 Å². The van der Waals surface area contributed by atoms with E-state index in [0.29, 0.717) is 0 Å². The van der Waals surface area contributed by atoms with Crippen molar-refractivity contribution in [2.75, 3.05) is 30.8 Å². The maximum absolute atomic E-state index is 4.73. The van der Waals surface area contributed by atoms with Gasteiger partial charge < -0.3 is 10.6 Å². The lowest BCUT2D eigenvalue weighted by Crippen LogP contribution is -2.18. The van der Waals surface area contributed by atoms with E-state index in [4.69, 9.17) is 4.98 Å². The molecule has 0 radical (unpaired) electrons. The van der Waals surface area contributed by atoms with Gasteiger partial charge in [-0.25, -0.2) is 9.97 Å². The molecule has 2 N–H and O–H groups in total. The maximum atomic E-state index is 4.73. The highest BCUT2D eigenvalue weighted by atomic mass is 15.1. The molecule has 1 aromatic carbocycles. The quantitative estimate of drug-likeness (QED) is 0.424. The predicted molar refractivity (Wildman–Crippen MR) is 124 cm³/mol. The van der Waals surface area contributed by atoms with Gasteiger partial charge in [0, 0.05) is 26.6 Å². The van der Waals surface area contributed by atoms with Gasteiger partial charge in [0.2, 0.25) is 0 Å². The Morgan fingerprint density at radius 2 is 1.72 bits per heavy atom. The number of likely N-dealkylation sites (tertiary alicyclic amines) is 1. The predicted octanol–water partition coefficient (Wildman–Crippen LogP) is 5.26. The summed E-state index contributed by atoms with van der Waals surface area (Å²) in [6.45, 7) is 12.5. The lowest BCUT2D eigenvalue weighted by Gasteiger charge is -2.15. The summed E-state index contributed by atoms with van der Waals surface area (Å²) < 4.78 is 0. The number of nitrogens with one attached hydrogen (secondary N) is 2. The fraction of sp³-hybridized carbons (Fsp3) is 0.500. The van der Waals surface area contributed by atoms with E-state index >= 15 is 0 Å². The molecule has 5 heteroatoms.